The molecule has 0 aromatic carbocycles. The molecule has 20 heavy (non-hydrogen) atoms. The number of halogens is 1. The van der Waals surface area contributed by atoms with Gasteiger partial charge in [0.1, 0.15) is 0 Å². The summed E-state index contributed by atoms with van der Waals surface area (Å²) in [6.07, 6.45) is 2.49. The normalized spacial score (nSPS) is 22.8. The number of amides is 1. The highest BCUT2D eigenvalue weighted by atomic mass is 35.5. The van der Waals surface area contributed by atoms with Crippen molar-refractivity contribution < 1.29 is 14.7 Å². The number of carboxylic acids is 1. The molecule has 0 saturated carbocycles. The van der Waals surface area contributed by atoms with Gasteiger partial charge in [0, 0.05) is 29.3 Å². The lowest BCUT2D eigenvalue weighted by Gasteiger charge is -2.37. The first kappa shape index (κ1) is 15.3. The smallest absolute Gasteiger partial charge is 0.308 e. The molecule has 0 aliphatic carbocycles. The van der Waals surface area contributed by atoms with Crippen molar-refractivity contribution in [1.29, 1.82) is 0 Å². The number of thiophene rings is 1. The molecule has 2 atom stereocenters. The Hall–Kier alpha value is -1.07. The third kappa shape index (κ3) is 3.52. The minimum absolute atomic E-state index is 0.0352. The topological polar surface area (TPSA) is 57.6 Å². The summed E-state index contributed by atoms with van der Waals surface area (Å²) < 4.78 is 0. The molecule has 4 nitrogen and oxygen atoms in total. The second-order valence-corrected chi connectivity index (χ2v) is 6.58. The molecule has 1 amide bonds. The van der Waals surface area contributed by atoms with Crippen molar-refractivity contribution in [3.63, 3.8) is 0 Å². The van der Waals surface area contributed by atoms with Crippen molar-refractivity contribution in [2.45, 2.75) is 38.6 Å². The van der Waals surface area contributed by atoms with Crippen LogP contribution in [0.3, 0.4) is 0 Å². The molecule has 1 fully saturated rings. The number of aryl methyl sites for hydroxylation is 1. The molecule has 110 valence electrons. The predicted octanol–water partition coefficient (Wildman–Crippen LogP) is 3.05. The highest BCUT2D eigenvalue weighted by Gasteiger charge is 2.34. The molecule has 0 bridgehead atoms. The predicted molar refractivity (Wildman–Crippen MR) is 79.2 cm³/mol. The Morgan fingerprint density at radius 2 is 2.30 bits per heavy atom. The zero-order valence-corrected chi connectivity index (χ0v) is 12.9. The Bertz CT molecular complexity index is 502. The average Bonchev–Trinajstić information content (AvgIpc) is 2.81. The van der Waals surface area contributed by atoms with E-state index in [1.54, 1.807) is 16.2 Å². The van der Waals surface area contributed by atoms with E-state index in [1.165, 1.54) is 0 Å². The first-order valence-electron chi connectivity index (χ1n) is 6.74. The molecule has 6 heteroatoms. The highest BCUT2D eigenvalue weighted by Crippen LogP contribution is 2.25. The number of carboxylic acid groups (broad SMARTS) is 1. The molecule has 1 aromatic rings. The van der Waals surface area contributed by atoms with Gasteiger partial charge in [0.15, 0.2) is 0 Å². The summed E-state index contributed by atoms with van der Waals surface area (Å²) in [5.74, 6) is -1.21. The maximum atomic E-state index is 12.3. The van der Waals surface area contributed by atoms with Gasteiger partial charge in [0.2, 0.25) is 5.91 Å². The van der Waals surface area contributed by atoms with Crippen LogP contribution in [0, 0.1) is 5.92 Å². The van der Waals surface area contributed by atoms with Crippen LogP contribution in [0.5, 0.6) is 0 Å². The van der Waals surface area contributed by atoms with Crippen molar-refractivity contribution in [2.24, 2.45) is 5.92 Å². The summed E-state index contributed by atoms with van der Waals surface area (Å²) in [5.41, 5.74) is 0. The number of likely N-dealkylation sites (tertiary alicyclic amines) is 1. The van der Waals surface area contributed by atoms with Gasteiger partial charge in [-0.3, -0.25) is 9.59 Å². The maximum absolute atomic E-state index is 12.3. The van der Waals surface area contributed by atoms with Crippen molar-refractivity contribution >= 4 is 34.8 Å². The van der Waals surface area contributed by atoms with E-state index in [4.69, 9.17) is 16.7 Å². The van der Waals surface area contributed by atoms with Gasteiger partial charge in [0.05, 0.1) is 10.9 Å². The summed E-state index contributed by atoms with van der Waals surface area (Å²) >= 11 is 7.40. The fourth-order valence-electron chi connectivity index (χ4n) is 2.68. The van der Waals surface area contributed by atoms with E-state index in [1.807, 2.05) is 18.4 Å². The van der Waals surface area contributed by atoms with Crippen molar-refractivity contribution in [1.82, 2.24) is 4.90 Å². The molecule has 1 aliphatic heterocycles. The van der Waals surface area contributed by atoms with E-state index >= 15 is 0 Å². The van der Waals surface area contributed by atoms with E-state index in [0.717, 1.165) is 11.3 Å². The van der Waals surface area contributed by atoms with Crippen LogP contribution in [0.2, 0.25) is 5.02 Å². The molecule has 1 N–H and O–H groups in total. The van der Waals surface area contributed by atoms with E-state index < -0.39 is 11.9 Å². The Morgan fingerprint density at radius 1 is 1.55 bits per heavy atom. The third-order valence-electron chi connectivity index (χ3n) is 3.83. The zero-order valence-electron chi connectivity index (χ0n) is 11.3. The summed E-state index contributed by atoms with van der Waals surface area (Å²) in [7, 11) is 0. The van der Waals surface area contributed by atoms with E-state index in [2.05, 4.69) is 0 Å². The Labute approximate surface area is 127 Å². The second-order valence-electron chi connectivity index (χ2n) is 5.15. The molecule has 1 saturated heterocycles. The first-order valence-corrected chi connectivity index (χ1v) is 8.00. The van der Waals surface area contributed by atoms with E-state index in [-0.39, 0.29) is 11.9 Å². The molecule has 1 aromatic heterocycles. The van der Waals surface area contributed by atoms with Gasteiger partial charge in [0.25, 0.3) is 0 Å². The number of nitrogens with zero attached hydrogens (tertiary/aromatic N) is 1. The zero-order chi connectivity index (χ0) is 14.7. The Balaban J connectivity index is 1.92. The summed E-state index contributed by atoms with van der Waals surface area (Å²) in [4.78, 5) is 26.2. The minimum atomic E-state index is -0.806. The summed E-state index contributed by atoms with van der Waals surface area (Å²) in [5, 5.41) is 11.7. The Morgan fingerprint density at radius 3 is 2.90 bits per heavy atom. The van der Waals surface area contributed by atoms with Crippen molar-refractivity contribution in [3.8, 4) is 0 Å². The van der Waals surface area contributed by atoms with Gasteiger partial charge in [-0.05, 0) is 32.3 Å². The second kappa shape index (κ2) is 6.59. The number of carbonyl (C=O) groups excluding carboxylic acids is 1. The minimum Gasteiger partial charge on any atom is -0.481 e. The lowest BCUT2D eigenvalue weighted by Crippen LogP contribution is -2.49. The largest absolute Gasteiger partial charge is 0.481 e. The molecular weight excluding hydrogens is 298 g/mol. The standard InChI is InChI=1S/C14H18ClNO3S/c1-9-12(14(18)19)3-2-6-16(9)13(17)5-4-11-7-10(15)8-20-11/h7-9,12H,2-6H2,1H3,(H,18,19)/t9-,12-/m1/s1. The molecule has 0 radical (unpaired) electrons. The van der Waals surface area contributed by atoms with Crippen LogP contribution < -0.4 is 0 Å². The molecule has 1 aliphatic rings. The fourth-order valence-corrected chi connectivity index (χ4v) is 3.76. The number of carbonyl (C=O) groups is 2. The van der Waals surface area contributed by atoms with Crippen molar-refractivity contribution in [3.05, 3.63) is 21.3 Å². The molecule has 2 heterocycles. The fraction of sp³-hybridized carbons (Fsp3) is 0.571. The molecular formula is C14H18ClNO3S. The summed E-state index contributed by atoms with van der Waals surface area (Å²) in [6, 6.07) is 1.65. The maximum Gasteiger partial charge on any atom is 0.308 e. The van der Waals surface area contributed by atoms with Gasteiger partial charge in [-0.2, -0.15) is 0 Å². The van der Waals surface area contributed by atoms with Gasteiger partial charge in [-0.25, -0.2) is 0 Å². The van der Waals surface area contributed by atoms with Crippen LogP contribution in [0.1, 0.15) is 31.1 Å². The van der Waals surface area contributed by atoms with Gasteiger partial charge in [-0.15, -0.1) is 11.3 Å². The van der Waals surface area contributed by atoms with Crippen LogP contribution in [0.4, 0.5) is 0 Å². The van der Waals surface area contributed by atoms with E-state index in [0.29, 0.717) is 30.8 Å². The lowest BCUT2D eigenvalue weighted by atomic mass is 9.90. The lowest BCUT2D eigenvalue weighted by molar-refractivity contribution is -0.149. The average molecular weight is 316 g/mol. The quantitative estimate of drug-likeness (QED) is 0.929. The van der Waals surface area contributed by atoms with Crippen LogP contribution in [0.15, 0.2) is 11.4 Å². The van der Waals surface area contributed by atoms with Crippen LogP contribution >= 0.6 is 22.9 Å². The van der Waals surface area contributed by atoms with E-state index in [9.17, 15) is 9.59 Å². The van der Waals surface area contributed by atoms with Crippen molar-refractivity contribution in [2.75, 3.05) is 6.54 Å². The van der Waals surface area contributed by atoms with Crippen LogP contribution in [0.25, 0.3) is 0 Å². The molecule has 0 spiro atoms. The SMILES string of the molecule is C[C@@H]1[C@H](C(=O)O)CCCN1C(=O)CCc1cc(Cl)cs1. The Kier molecular flexibility index (Phi) is 5.05. The molecule has 2 rings (SSSR count). The molecule has 0 unspecified atom stereocenters. The van der Waals surface area contributed by atoms with Crippen LogP contribution in [-0.4, -0.2) is 34.5 Å². The monoisotopic (exact) mass is 315 g/mol. The first-order chi connectivity index (χ1) is 9.49. The number of piperidine rings is 1. The third-order valence-corrected chi connectivity index (χ3v) is 5.18. The number of rotatable bonds is 4. The van der Waals surface area contributed by atoms with Crippen LogP contribution in [-0.2, 0) is 16.0 Å². The van der Waals surface area contributed by atoms with Gasteiger partial charge >= 0.3 is 5.97 Å². The highest BCUT2D eigenvalue weighted by molar-refractivity contribution is 7.10. The van der Waals surface area contributed by atoms with Gasteiger partial charge < -0.3 is 10.0 Å². The summed E-state index contributed by atoms with van der Waals surface area (Å²) in [6.45, 7) is 2.49. The van der Waals surface area contributed by atoms with Gasteiger partial charge in [-0.1, -0.05) is 11.6 Å². The number of aliphatic carboxylic acids is 1. The number of hydrogen-bond donors (Lipinski definition) is 1. The number of hydrogen-bond acceptors (Lipinski definition) is 3.